The van der Waals surface area contributed by atoms with Gasteiger partial charge in [0.15, 0.2) is 6.10 Å². The van der Waals surface area contributed by atoms with Crippen molar-refractivity contribution in [2.75, 3.05) is 20.1 Å². The van der Waals surface area contributed by atoms with Gasteiger partial charge in [0.2, 0.25) is 0 Å². The number of hydrogen-bond donors (Lipinski definition) is 1. The van der Waals surface area contributed by atoms with Crippen molar-refractivity contribution in [2.24, 2.45) is 0 Å². The highest BCUT2D eigenvalue weighted by atomic mass is 35.5. The fourth-order valence-corrected chi connectivity index (χ4v) is 2.35. The number of likely N-dealkylation sites (tertiary alicyclic amines) is 1. The Morgan fingerprint density at radius 3 is 2.77 bits per heavy atom. The van der Waals surface area contributed by atoms with Gasteiger partial charge in [0.25, 0.3) is 5.91 Å². The molecule has 7 heteroatoms. The lowest BCUT2D eigenvalue weighted by atomic mass is 10.1. The molecule has 1 N–H and O–H groups in total. The van der Waals surface area contributed by atoms with Gasteiger partial charge in [-0.2, -0.15) is 0 Å². The molecule has 0 spiro atoms. The van der Waals surface area contributed by atoms with Crippen LogP contribution in [0.25, 0.3) is 0 Å². The van der Waals surface area contributed by atoms with E-state index in [1.54, 1.807) is 6.92 Å². The van der Waals surface area contributed by atoms with Gasteiger partial charge in [0.1, 0.15) is 11.6 Å². The van der Waals surface area contributed by atoms with Crippen LogP contribution in [0.1, 0.15) is 19.8 Å². The Bertz CT molecular complexity index is 522. The van der Waals surface area contributed by atoms with E-state index in [-0.39, 0.29) is 16.9 Å². The highest BCUT2D eigenvalue weighted by Crippen LogP contribution is 2.25. The third kappa shape index (κ3) is 4.83. The van der Waals surface area contributed by atoms with Crippen molar-refractivity contribution >= 4 is 17.5 Å². The van der Waals surface area contributed by atoms with Gasteiger partial charge in [-0.15, -0.1) is 0 Å². The summed E-state index contributed by atoms with van der Waals surface area (Å²) < 4.78 is 18.4. The Balaban J connectivity index is 1.79. The van der Waals surface area contributed by atoms with Gasteiger partial charge >= 0.3 is 0 Å². The molecule has 2 rings (SSSR count). The molecule has 1 aromatic carbocycles. The minimum absolute atomic E-state index is 0.0155. The van der Waals surface area contributed by atoms with E-state index in [0.29, 0.717) is 0 Å². The highest BCUT2D eigenvalue weighted by molar-refractivity contribution is 6.32. The molecule has 0 aromatic heterocycles. The number of piperidine rings is 1. The number of carbonyl (C=O) groups excluding carboxylic acids is 1. The number of hydrogen-bond acceptors (Lipinski definition) is 4. The van der Waals surface area contributed by atoms with Gasteiger partial charge < -0.3 is 9.64 Å². The largest absolute Gasteiger partial charge is 0.479 e. The van der Waals surface area contributed by atoms with E-state index in [1.807, 2.05) is 0 Å². The van der Waals surface area contributed by atoms with Crippen molar-refractivity contribution in [3.63, 3.8) is 0 Å². The van der Waals surface area contributed by atoms with Gasteiger partial charge in [-0.25, -0.2) is 9.87 Å². The number of ether oxygens (including phenoxy) is 1. The van der Waals surface area contributed by atoms with Gasteiger partial charge in [-0.05, 0) is 45.0 Å². The highest BCUT2D eigenvalue weighted by Gasteiger charge is 2.21. The van der Waals surface area contributed by atoms with Gasteiger partial charge in [0, 0.05) is 13.1 Å². The van der Waals surface area contributed by atoms with Crippen molar-refractivity contribution < 1.29 is 18.8 Å². The number of nitrogens with one attached hydrogen (secondary N) is 1. The Labute approximate surface area is 134 Å². The second kappa shape index (κ2) is 7.76. The maximum atomic E-state index is 13.0. The standard InChI is InChI=1S/C15H20ClFN2O3/c1-10(21-14-4-3-11(17)9-13(14)16)15(20)18-22-12-5-7-19(2)8-6-12/h3-4,9-10,12H,5-8H2,1-2H3,(H,18,20)/t10-/m1/s1. The third-order valence-corrected chi connectivity index (χ3v) is 3.85. The van der Waals surface area contributed by atoms with Crippen LogP contribution in [0.3, 0.4) is 0 Å². The minimum atomic E-state index is -0.797. The Kier molecular flexibility index (Phi) is 5.99. The molecule has 1 aliphatic rings. The van der Waals surface area contributed by atoms with Crippen molar-refractivity contribution in [1.29, 1.82) is 0 Å². The Morgan fingerprint density at radius 2 is 2.14 bits per heavy atom. The second-order valence-corrected chi connectivity index (χ2v) is 5.83. The molecule has 0 radical (unpaired) electrons. The topological polar surface area (TPSA) is 50.8 Å². The van der Waals surface area contributed by atoms with Crippen LogP contribution >= 0.6 is 11.6 Å². The summed E-state index contributed by atoms with van der Waals surface area (Å²) in [7, 11) is 2.05. The number of carbonyl (C=O) groups is 1. The zero-order valence-corrected chi connectivity index (χ0v) is 13.4. The molecule has 22 heavy (non-hydrogen) atoms. The van der Waals surface area contributed by atoms with Crippen LogP contribution in [-0.2, 0) is 9.63 Å². The molecule has 122 valence electrons. The fourth-order valence-electron chi connectivity index (χ4n) is 2.14. The lowest BCUT2D eigenvalue weighted by Crippen LogP contribution is -2.42. The number of nitrogens with zero attached hydrogens (tertiary/aromatic N) is 1. The predicted octanol–water partition coefficient (Wildman–Crippen LogP) is 2.39. The lowest BCUT2D eigenvalue weighted by molar-refractivity contribution is -0.147. The first kappa shape index (κ1) is 17.0. The maximum Gasteiger partial charge on any atom is 0.284 e. The van der Waals surface area contributed by atoms with Crippen LogP contribution < -0.4 is 10.2 Å². The van der Waals surface area contributed by atoms with Crippen molar-refractivity contribution in [3.8, 4) is 5.75 Å². The van der Waals surface area contributed by atoms with Crippen LogP contribution in [0.4, 0.5) is 4.39 Å². The van der Waals surface area contributed by atoms with E-state index in [1.165, 1.54) is 12.1 Å². The Hall–Kier alpha value is -1.37. The molecule has 1 saturated heterocycles. The number of rotatable bonds is 5. The zero-order valence-electron chi connectivity index (χ0n) is 12.6. The number of halogens is 2. The Morgan fingerprint density at radius 1 is 1.45 bits per heavy atom. The maximum absolute atomic E-state index is 13.0. The quantitative estimate of drug-likeness (QED) is 0.842. The summed E-state index contributed by atoms with van der Waals surface area (Å²) in [6, 6.07) is 3.75. The van der Waals surface area contributed by atoms with Crippen molar-refractivity contribution in [1.82, 2.24) is 10.4 Å². The summed E-state index contributed by atoms with van der Waals surface area (Å²) in [6.07, 6.45) is 0.960. The summed E-state index contributed by atoms with van der Waals surface area (Å²) >= 11 is 5.86. The average molecular weight is 331 g/mol. The number of hydroxylamine groups is 1. The molecule has 1 aromatic rings. The summed E-state index contributed by atoms with van der Waals surface area (Å²) in [5, 5.41) is 0.121. The second-order valence-electron chi connectivity index (χ2n) is 5.42. The van der Waals surface area contributed by atoms with Gasteiger partial charge in [-0.1, -0.05) is 11.6 Å². The zero-order chi connectivity index (χ0) is 16.1. The average Bonchev–Trinajstić information content (AvgIpc) is 2.49. The molecule has 1 aliphatic heterocycles. The molecule has 0 bridgehead atoms. The van der Waals surface area contributed by atoms with Crippen LogP contribution in [0.15, 0.2) is 18.2 Å². The monoisotopic (exact) mass is 330 g/mol. The summed E-state index contributed by atoms with van der Waals surface area (Å²) in [4.78, 5) is 19.6. The van der Waals surface area contributed by atoms with E-state index < -0.39 is 17.8 Å². The van der Waals surface area contributed by atoms with E-state index in [4.69, 9.17) is 21.2 Å². The first-order valence-electron chi connectivity index (χ1n) is 7.21. The van der Waals surface area contributed by atoms with Crippen molar-refractivity contribution in [3.05, 3.63) is 29.0 Å². The van der Waals surface area contributed by atoms with Crippen molar-refractivity contribution in [2.45, 2.75) is 32.0 Å². The fraction of sp³-hybridized carbons (Fsp3) is 0.533. The molecule has 0 aliphatic carbocycles. The van der Waals surface area contributed by atoms with Crippen LogP contribution in [0.5, 0.6) is 5.75 Å². The van der Waals surface area contributed by atoms with Crippen LogP contribution in [0.2, 0.25) is 5.02 Å². The summed E-state index contributed by atoms with van der Waals surface area (Å²) in [5.74, 6) is -0.607. The molecule has 0 saturated carbocycles. The normalized spacial score (nSPS) is 18.0. The molecule has 1 fully saturated rings. The molecule has 0 unspecified atom stereocenters. The first-order chi connectivity index (χ1) is 10.5. The van der Waals surface area contributed by atoms with Crippen LogP contribution in [0, 0.1) is 5.82 Å². The van der Waals surface area contributed by atoms with E-state index in [2.05, 4.69) is 17.4 Å². The lowest BCUT2D eigenvalue weighted by Gasteiger charge is -2.28. The van der Waals surface area contributed by atoms with E-state index in [9.17, 15) is 9.18 Å². The van der Waals surface area contributed by atoms with E-state index in [0.717, 1.165) is 32.0 Å². The third-order valence-electron chi connectivity index (χ3n) is 3.56. The molecule has 1 amide bonds. The van der Waals surface area contributed by atoms with Gasteiger partial charge in [-0.3, -0.25) is 9.63 Å². The molecule has 1 atom stereocenters. The first-order valence-corrected chi connectivity index (χ1v) is 7.59. The summed E-state index contributed by atoms with van der Waals surface area (Å²) in [5.41, 5.74) is 2.42. The van der Waals surface area contributed by atoms with E-state index >= 15 is 0 Å². The molecular formula is C15H20ClFN2O3. The van der Waals surface area contributed by atoms with Crippen LogP contribution in [-0.4, -0.2) is 43.2 Å². The SMILES string of the molecule is C[C@@H](Oc1ccc(F)cc1Cl)C(=O)NOC1CCN(C)CC1. The smallest absolute Gasteiger partial charge is 0.284 e. The summed E-state index contributed by atoms with van der Waals surface area (Å²) in [6.45, 7) is 3.46. The number of benzene rings is 1. The molecule has 1 heterocycles. The molecular weight excluding hydrogens is 311 g/mol. The predicted molar refractivity (Wildman–Crippen MR) is 81.2 cm³/mol. The minimum Gasteiger partial charge on any atom is -0.479 e. The number of amides is 1. The molecule has 5 nitrogen and oxygen atoms in total. The van der Waals surface area contributed by atoms with Gasteiger partial charge in [0.05, 0.1) is 11.1 Å².